The van der Waals surface area contributed by atoms with E-state index in [0.29, 0.717) is 13.2 Å². The molecule has 0 spiro atoms. The first-order valence-corrected chi connectivity index (χ1v) is 5.51. The summed E-state index contributed by atoms with van der Waals surface area (Å²) in [5, 5.41) is 0. The molecule has 0 bridgehead atoms. The molecule has 0 saturated carbocycles. The minimum Gasteiger partial charge on any atom is -0.373 e. The van der Waals surface area contributed by atoms with Crippen LogP contribution in [0, 0.1) is 0 Å². The van der Waals surface area contributed by atoms with Crippen molar-refractivity contribution in [1.29, 1.82) is 0 Å². The molecule has 0 unspecified atom stereocenters. The zero-order valence-corrected chi connectivity index (χ0v) is 9.94. The lowest BCUT2D eigenvalue weighted by molar-refractivity contribution is 0.107. The molecule has 4 heteroatoms. The van der Waals surface area contributed by atoms with Gasteiger partial charge in [-0.15, -0.1) is 0 Å². The molecule has 4 nitrogen and oxygen atoms in total. The van der Waals surface area contributed by atoms with Crippen LogP contribution in [-0.2, 0) is 18.0 Å². The second-order valence-corrected chi connectivity index (χ2v) is 3.55. The summed E-state index contributed by atoms with van der Waals surface area (Å²) in [5.74, 6) is 0. The third kappa shape index (κ3) is 5.70. The van der Waals surface area contributed by atoms with Crippen molar-refractivity contribution in [2.45, 2.75) is 13.2 Å². The summed E-state index contributed by atoms with van der Waals surface area (Å²) >= 11 is 0. The van der Waals surface area contributed by atoms with Crippen molar-refractivity contribution < 1.29 is 4.74 Å². The quantitative estimate of drug-likeness (QED) is 0.447. The molecule has 0 radical (unpaired) electrons. The third-order valence-electron chi connectivity index (χ3n) is 2.22. The Kier molecular flexibility index (Phi) is 6.75. The van der Waals surface area contributed by atoms with E-state index in [4.69, 9.17) is 15.8 Å². The summed E-state index contributed by atoms with van der Waals surface area (Å²) in [6.07, 6.45) is 0. The molecule has 0 aliphatic rings. The van der Waals surface area contributed by atoms with Crippen LogP contribution in [0.25, 0.3) is 16.0 Å². The Morgan fingerprint density at radius 3 is 1.39 bits per heavy atom. The molecule has 92 valence electrons. The zero-order chi connectivity index (χ0) is 13.1. The monoisotopic (exact) mass is 240 g/mol. The lowest BCUT2D eigenvalue weighted by Gasteiger charge is -2.03. The zero-order valence-electron chi connectivity index (χ0n) is 9.94. The molecule has 0 N–H and O–H groups in total. The van der Waals surface area contributed by atoms with Gasteiger partial charge in [0, 0.05) is 0 Å². The van der Waals surface area contributed by atoms with Gasteiger partial charge in [0.25, 0.3) is 0 Å². The number of benzene rings is 2. The van der Waals surface area contributed by atoms with Crippen LogP contribution in [0.15, 0.2) is 60.7 Å². The highest BCUT2D eigenvalue weighted by atomic mass is 16.5. The summed E-state index contributed by atoms with van der Waals surface area (Å²) in [4.78, 5) is 1.50. The molecule has 0 fully saturated rings. The van der Waals surface area contributed by atoms with Gasteiger partial charge in [0.2, 0.25) is 0 Å². The Labute approximate surface area is 106 Å². The van der Waals surface area contributed by atoms with E-state index in [2.05, 4.69) is 24.3 Å². The highest BCUT2D eigenvalue weighted by molar-refractivity contribution is 5.15. The van der Waals surface area contributed by atoms with E-state index in [-0.39, 0.29) is 0 Å². The summed E-state index contributed by atoms with van der Waals surface area (Å²) in [6, 6.07) is 20.4. The molecule has 2 rings (SSSR count). The van der Waals surface area contributed by atoms with Crippen molar-refractivity contribution in [3.8, 4) is 0 Å². The average molecular weight is 240 g/mol. The number of rotatable bonds is 4. The molecular formula is C14H14N3O-. The lowest BCUT2D eigenvalue weighted by atomic mass is 10.2. The summed E-state index contributed by atoms with van der Waals surface area (Å²) in [5.41, 5.74) is 15.9. The first-order chi connectivity index (χ1) is 8.86. The van der Waals surface area contributed by atoms with Crippen LogP contribution in [0.1, 0.15) is 11.1 Å². The predicted molar refractivity (Wildman–Crippen MR) is 71.5 cm³/mol. The SMILES string of the molecule is [N-]=[N+]=[N-].c1ccc(COCc2ccccc2)cc1. The fraction of sp³-hybridized carbons (Fsp3) is 0.143. The molecule has 2 aromatic carbocycles. The number of nitrogens with zero attached hydrogens (tertiary/aromatic N) is 3. The number of hydrogen-bond donors (Lipinski definition) is 0. The predicted octanol–water partition coefficient (Wildman–Crippen LogP) is 4.27. The molecule has 0 amide bonds. The second kappa shape index (κ2) is 8.82. The van der Waals surface area contributed by atoms with Gasteiger partial charge in [-0.05, 0) is 11.1 Å². The molecule has 0 saturated heterocycles. The first-order valence-electron chi connectivity index (χ1n) is 5.51. The molecule has 2 aromatic rings. The number of hydrogen-bond acceptors (Lipinski definition) is 1. The van der Waals surface area contributed by atoms with Crippen molar-refractivity contribution in [1.82, 2.24) is 0 Å². The smallest absolute Gasteiger partial charge is 0.0721 e. The minimum atomic E-state index is 0.676. The summed E-state index contributed by atoms with van der Waals surface area (Å²) < 4.78 is 5.61. The van der Waals surface area contributed by atoms with Gasteiger partial charge in [-0.25, -0.2) is 0 Å². The molecular weight excluding hydrogens is 226 g/mol. The van der Waals surface area contributed by atoms with Gasteiger partial charge in [-0.2, -0.15) is 0 Å². The van der Waals surface area contributed by atoms with Crippen LogP contribution in [-0.4, -0.2) is 0 Å². The number of ether oxygens (including phenoxy) is 1. The lowest BCUT2D eigenvalue weighted by Crippen LogP contribution is -1.93. The van der Waals surface area contributed by atoms with E-state index in [9.17, 15) is 0 Å². The van der Waals surface area contributed by atoms with Crippen LogP contribution in [0.5, 0.6) is 0 Å². The second-order valence-electron chi connectivity index (χ2n) is 3.55. The van der Waals surface area contributed by atoms with Crippen molar-refractivity contribution in [2.75, 3.05) is 0 Å². The van der Waals surface area contributed by atoms with Crippen LogP contribution >= 0.6 is 0 Å². The molecule has 0 aliphatic heterocycles. The maximum atomic E-state index is 6.75. The Hall–Kier alpha value is -2.29. The maximum absolute atomic E-state index is 6.75. The van der Waals surface area contributed by atoms with Crippen molar-refractivity contribution in [3.05, 3.63) is 87.8 Å². The van der Waals surface area contributed by atoms with E-state index >= 15 is 0 Å². The van der Waals surface area contributed by atoms with Crippen LogP contribution in [0.4, 0.5) is 0 Å². The Morgan fingerprint density at radius 1 is 0.722 bits per heavy atom. The Morgan fingerprint density at radius 2 is 1.06 bits per heavy atom. The molecule has 18 heavy (non-hydrogen) atoms. The summed E-state index contributed by atoms with van der Waals surface area (Å²) in [6.45, 7) is 1.35. The van der Waals surface area contributed by atoms with Crippen molar-refractivity contribution >= 4 is 0 Å². The van der Waals surface area contributed by atoms with E-state index < -0.39 is 0 Å². The van der Waals surface area contributed by atoms with Gasteiger partial charge in [0.05, 0.1) is 13.2 Å². The van der Waals surface area contributed by atoms with Crippen molar-refractivity contribution in [2.24, 2.45) is 0 Å². The van der Waals surface area contributed by atoms with Gasteiger partial charge in [0.15, 0.2) is 0 Å². The van der Waals surface area contributed by atoms with Gasteiger partial charge in [0.1, 0.15) is 0 Å². The van der Waals surface area contributed by atoms with E-state index in [1.54, 1.807) is 0 Å². The fourth-order valence-corrected chi connectivity index (χ4v) is 1.44. The fourth-order valence-electron chi connectivity index (χ4n) is 1.44. The summed E-state index contributed by atoms with van der Waals surface area (Å²) in [7, 11) is 0. The van der Waals surface area contributed by atoms with Gasteiger partial charge >= 0.3 is 0 Å². The third-order valence-corrected chi connectivity index (χ3v) is 2.22. The average Bonchev–Trinajstić information content (AvgIpc) is 2.42. The maximum Gasteiger partial charge on any atom is 0.0721 e. The van der Waals surface area contributed by atoms with Crippen LogP contribution in [0.3, 0.4) is 0 Å². The molecule has 0 atom stereocenters. The highest BCUT2D eigenvalue weighted by Crippen LogP contribution is 2.05. The van der Waals surface area contributed by atoms with Gasteiger partial charge < -0.3 is 15.8 Å². The Balaban J connectivity index is 0.000000492. The van der Waals surface area contributed by atoms with Crippen LogP contribution in [0.2, 0.25) is 0 Å². The van der Waals surface area contributed by atoms with E-state index in [1.165, 1.54) is 16.0 Å². The first kappa shape index (κ1) is 13.8. The molecule has 0 aromatic heterocycles. The van der Waals surface area contributed by atoms with Gasteiger partial charge in [-0.1, -0.05) is 60.7 Å². The largest absolute Gasteiger partial charge is 0.373 e. The van der Waals surface area contributed by atoms with Crippen LogP contribution < -0.4 is 0 Å². The molecule has 0 aliphatic carbocycles. The minimum absolute atomic E-state index is 0.676. The Bertz CT molecular complexity index is 425. The molecule has 0 heterocycles. The van der Waals surface area contributed by atoms with Gasteiger partial charge in [-0.3, -0.25) is 4.91 Å². The standard InChI is InChI=1S/C14H14O.N3/c1-3-7-13(8-4-1)11-15-12-14-9-5-2-6-10-14;1-3-2/h1-10H,11-12H2;/q;-1. The normalized spacial score (nSPS) is 8.89. The van der Waals surface area contributed by atoms with E-state index in [1.807, 2.05) is 36.4 Å². The van der Waals surface area contributed by atoms with Crippen molar-refractivity contribution in [3.63, 3.8) is 0 Å². The van der Waals surface area contributed by atoms with E-state index in [0.717, 1.165) is 0 Å². The highest BCUT2D eigenvalue weighted by Gasteiger charge is 1.93. The topological polar surface area (TPSA) is 67.9 Å².